The van der Waals surface area contributed by atoms with Gasteiger partial charge in [0, 0.05) is 39.9 Å². The van der Waals surface area contributed by atoms with E-state index in [1.54, 1.807) is 12.4 Å². The van der Waals surface area contributed by atoms with Gasteiger partial charge in [-0.2, -0.15) is 0 Å². The van der Waals surface area contributed by atoms with Crippen LogP contribution in [0, 0.1) is 11.8 Å². The van der Waals surface area contributed by atoms with E-state index >= 15 is 0 Å². The molecule has 1 N–H and O–H groups in total. The summed E-state index contributed by atoms with van der Waals surface area (Å²) in [7, 11) is 0. The van der Waals surface area contributed by atoms with Gasteiger partial charge in [0.15, 0.2) is 9.35 Å². The van der Waals surface area contributed by atoms with Gasteiger partial charge in [0.1, 0.15) is 11.2 Å². The number of aromatic nitrogens is 3. The van der Waals surface area contributed by atoms with Crippen LogP contribution in [0.1, 0.15) is 30.7 Å². The lowest BCUT2D eigenvalue weighted by Crippen LogP contribution is -2.30. The van der Waals surface area contributed by atoms with E-state index < -0.39 is 11.2 Å². The van der Waals surface area contributed by atoms with Crippen LogP contribution in [0.2, 0.25) is 0 Å². The summed E-state index contributed by atoms with van der Waals surface area (Å²) >= 11 is 2.94. The van der Waals surface area contributed by atoms with Gasteiger partial charge in [0.25, 0.3) is 0 Å². The second-order valence-corrected chi connectivity index (χ2v) is 10.5. The average molecular weight is 450 g/mol. The summed E-state index contributed by atoms with van der Waals surface area (Å²) in [6, 6.07) is 11.1. The van der Waals surface area contributed by atoms with E-state index in [9.17, 15) is 9.90 Å². The van der Waals surface area contributed by atoms with E-state index in [0.29, 0.717) is 17.4 Å². The van der Waals surface area contributed by atoms with Gasteiger partial charge in [-0.1, -0.05) is 29.2 Å². The second-order valence-electron chi connectivity index (χ2n) is 8.23. The minimum Gasteiger partial charge on any atom is -0.423 e. The molecule has 3 heterocycles. The lowest BCUT2D eigenvalue weighted by Gasteiger charge is -2.24. The van der Waals surface area contributed by atoms with Gasteiger partial charge in [-0.15, -0.1) is 10.2 Å². The number of benzene rings is 1. The number of nitrogens with zero attached hydrogens (tertiary/aromatic N) is 3. The minimum atomic E-state index is -0.800. The summed E-state index contributed by atoms with van der Waals surface area (Å²) in [5.74, 6) is 0.651. The van der Waals surface area contributed by atoms with E-state index in [2.05, 4.69) is 15.2 Å². The zero-order valence-corrected chi connectivity index (χ0v) is 18.2. The van der Waals surface area contributed by atoms with Crippen LogP contribution in [0.5, 0.6) is 0 Å². The summed E-state index contributed by atoms with van der Waals surface area (Å²) in [6.45, 7) is 0. The Morgan fingerprint density at radius 2 is 1.90 bits per heavy atom. The third-order valence-corrected chi connectivity index (χ3v) is 8.15. The normalized spacial score (nSPS) is 16.7. The van der Waals surface area contributed by atoms with Gasteiger partial charge in [-0.05, 0) is 61.8 Å². The highest BCUT2D eigenvalue weighted by Gasteiger charge is 2.56. The molecule has 4 aromatic rings. The Bertz CT molecular complexity index is 1310. The molecule has 0 aliphatic heterocycles. The van der Waals surface area contributed by atoms with Crippen LogP contribution in [0.15, 0.2) is 67.2 Å². The van der Waals surface area contributed by atoms with E-state index in [1.807, 2.05) is 30.3 Å². The zero-order chi connectivity index (χ0) is 21.0. The molecular weight excluding hydrogens is 430 g/mol. The molecule has 0 saturated heterocycles. The van der Waals surface area contributed by atoms with Gasteiger partial charge in [-0.25, -0.2) is 4.79 Å². The van der Waals surface area contributed by atoms with Crippen LogP contribution in [0.4, 0.5) is 0 Å². The second kappa shape index (κ2) is 7.25. The summed E-state index contributed by atoms with van der Waals surface area (Å²) in [4.78, 5) is 17.2. The molecule has 0 unspecified atom stereocenters. The minimum absolute atomic E-state index is 0.326. The number of hydrogen-bond donors (Lipinski definition) is 1. The molecule has 0 amide bonds. The first-order chi connectivity index (χ1) is 15.1. The van der Waals surface area contributed by atoms with E-state index in [0.717, 1.165) is 56.4 Å². The smallest absolute Gasteiger partial charge is 0.336 e. The first kappa shape index (κ1) is 19.2. The molecule has 0 bridgehead atoms. The first-order valence-corrected chi connectivity index (χ1v) is 12.0. The number of aliphatic hydroxyl groups is 1. The van der Waals surface area contributed by atoms with Crippen molar-refractivity contribution >= 4 is 34.1 Å². The number of hydrogen-bond acceptors (Lipinski definition) is 8. The highest BCUT2D eigenvalue weighted by Crippen LogP contribution is 2.58. The molecule has 2 fully saturated rings. The van der Waals surface area contributed by atoms with Crippen molar-refractivity contribution in [2.75, 3.05) is 0 Å². The monoisotopic (exact) mass is 449 g/mol. The van der Waals surface area contributed by atoms with Crippen LogP contribution in [0.25, 0.3) is 22.1 Å². The molecular formula is C23H19N3O3S2. The molecule has 2 aliphatic carbocycles. The van der Waals surface area contributed by atoms with Crippen LogP contribution in [-0.2, 0) is 5.60 Å². The molecule has 8 heteroatoms. The summed E-state index contributed by atoms with van der Waals surface area (Å²) in [5, 5.41) is 21.6. The van der Waals surface area contributed by atoms with Crippen molar-refractivity contribution in [3.8, 4) is 11.1 Å². The van der Waals surface area contributed by atoms with Crippen molar-refractivity contribution in [3.05, 3.63) is 64.2 Å². The molecule has 3 aromatic heterocycles. The molecule has 0 radical (unpaired) electrons. The fourth-order valence-electron chi connectivity index (χ4n) is 4.21. The lowest BCUT2D eigenvalue weighted by molar-refractivity contribution is -0.0110. The Morgan fingerprint density at radius 1 is 1.10 bits per heavy atom. The van der Waals surface area contributed by atoms with Gasteiger partial charge < -0.3 is 9.52 Å². The molecule has 1 aromatic carbocycles. The van der Waals surface area contributed by atoms with Crippen LogP contribution < -0.4 is 5.63 Å². The third kappa shape index (κ3) is 3.48. The molecule has 6 rings (SSSR count). The maximum Gasteiger partial charge on any atom is 0.336 e. The van der Waals surface area contributed by atoms with Crippen molar-refractivity contribution in [2.24, 2.45) is 11.8 Å². The number of fused-ring (bicyclic) bond motifs is 1. The largest absolute Gasteiger partial charge is 0.423 e. The SMILES string of the molecule is O=c1cc(-c2cccnc2)c2ccc(Sc3nnc(C(O)(C4CC4)C4CC4)s3)cc2o1. The van der Waals surface area contributed by atoms with Crippen molar-refractivity contribution < 1.29 is 9.52 Å². The van der Waals surface area contributed by atoms with Crippen molar-refractivity contribution in [1.29, 1.82) is 0 Å². The third-order valence-electron chi connectivity index (χ3n) is 6.04. The predicted molar refractivity (Wildman–Crippen MR) is 119 cm³/mol. The van der Waals surface area contributed by atoms with Crippen molar-refractivity contribution in [2.45, 2.75) is 40.5 Å². The predicted octanol–water partition coefficient (Wildman–Crippen LogP) is 4.87. The topological polar surface area (TPSA) is 89.1 Å². The van der Waals surface area contributed by atoms with E-state index in [4.69, 9.17) is 4.42 Å². The highest BCUT2D eigenvalue weighted by molar-refractivity contribution is 8.01. The van der Waals surface area contributed by atoms with Crippen molar-refractivity contribution in [3.63, 3.8) is 0 Å². The van der Waals surface area contributed by atoms with Crippen molar-refractivity contribution in [1.82, 2.24) is 15.2 Å². The van der Waals surface area contributed by atoms with Gasteiger partial charge in [0.05, 0.1) is 0 Å². The molecule has 2 saturated carbocycles. The molecule has 31 heavy (non-hydrogen) atoms. The van der Waals surface area contributed by atoms with Crippen LogP contribution in [-0.4, -0.2) is 20.3 Å². The fourth-order valence-corrected chi connectivity index (χ4v) is 6.31. The number of pyridine rings is 1. The molecule has 2 aliphatic rings. The maximum absolute atomic E-state index is 12.2. The van der Waals surface area contributed by atoms with Crippen LogP contribution >= 0.6 is 23.1 Å². The Hall–Kier alpha value is -2.55. The summed E-state index contributed by atoms with van der Waals surface area (Å²) in [6.07, 6.45) is 7.71. The van der Waals surface area contributed by atoms with E-state index in [1.165, 1.54) is 29.2 Å². The van der Waals surface area contributed by atoms with Crippen LogP contribution in [0.3, 0.4) is 0 Å². The standard InChI is InChI=1S/C23H19N3O3S2/c27-20-11-18(13-2-1-9-24-12-13)17-8-7-16(10-19(17)29-20)30-22-26-25-21(31-22)23(28,14-3-4-14)15-5-6-15/h1-2,7-12,14-15,28H,3-6H2. The van der Waals surface area contributed by atoms with Gasteiger partial charge in [0.2, 0.25) is 0 Å². The Kier molecular flexibility index (Phi) is 4.48. The molecule has 0 spiro atoms. The first-order valence-electron chi connectivity index (χ1n) is 10.3. The van der Waals surface area contributed by atoms with Gasteiger partial charge in [-0.3, -0.25) is 4.98 Å². The summed E-state index contributed by atoms with van der Waals surface area (Å²) < 4.78 is 6.26. The molecule has 156 valence electrons. The quantitative estimate of drug-likeness (QED) is 0.420. The average Bonchev–Trinajstić information content (AvgIpc) is 3.71. The Labute approximate surface area is 186 Å². The van der Waals surface area contributed by atoms with E-state index in [-0.39, 0.29) is 0 Å². The maximum atomic E-state index is 12.2. The summed E-state index contributed by atoms with van der Waals surface area (Å²) in [5.41, 5.74) is 0.992. The fraction of sp³-hybridized carbons (Fsp3) is 0.304. The lowest BCUT2D eigenvalue weighted by atomic mass is 9.93. The number of rotatable bonds is 6. The Balaban J connectivity index is 1.32. The molecule has 6 nitrogen and oxygen atoms in total. The Morgan fingerprint density at radius 3 is 2.61 bits per heavy atom. The zero-order valence-electron chi connectivity index (χ0n) is 16.5. The van der Waals surface area contributed by atoms with Gasteiger partial charge >= 0.3 is 5.63 Å². The molecule has 0 atom stereocenters. The highest BCUT2D eigenvalue weighted by atomic mass is 32.2.